The summed E-state index contributed by atoms with van der Waals surface area (Å²) in [6.07, 6.45) is 3.69. The maximum atomic E-state index is 5.31. The second kappa shape index (κ2) is 9.10. The average molecular weight is 237 g/mol. The number of aromatic nitrogens is 1. The van der Waals surface area contributed by atoms with E-state index in [2.05, 4.69) is 28.3 Å². The molecule has 1 aromatic heterocycles. The summed E-state index contributed by atoms with van der Waals surface area (Å²) in [4.78, 5) is 6.35. The third kappa shape index (κ3) is 7.05. The summed E-state index contributed by atoms with van der Waals surface area (Å²) in [6, 6.07) is 4.05. The molecular weight excluding hydrogens is 214 g/mol. The van der Waals surface area contributed by atoms with Gasteiger partial charge < -0.3 is 15.0 Å². The van der Waals surface area contributed by atoms with Crippen LogP contribution in [0.25, 0.3) is 0 Å². The van der Waals surface area contributed by atoms with Gasteiger partial charge in [-0.2, -0.15) is 0 Å². The van der Waals surface area contributed by atoms with Gasteiger partial charge in [-0.25, -0.2) is 0 Å². The predicted octanol–water partition coefficient (Wildman–Crippen LogP) is 1.14. The first kappa shape index (κ1) is 14.1. The van der Waals surface area contributed by atoms with Crippen LogP contribution in [-0.4, -0.2) is 49.8 Å². The lowest BCUT2D eigenvalue weighted by Gasteiger charge is -2.16. The Morgan fingerprint density at radius 1 is 1.41 bits per heavy atom. The second-order valence-electron chi connectivity index (χ2n) is 4.04. The minimum atomic E-state index is 0.799. The summed E-state index contributed by atoms with van der Waals surface area (Å²) in [6.45, 7) is 7.53. The van der Waals surface area contributed by atoms with Crippen LogP contribution in [0.1, 0.15) is 12.5 Å². The fourth-order valence-corrected chi connectivity index (χ4v) is 1.48. The minimum Gasteiger partial charge on any atom is -0.380 e. The lowest BCUT2D eigenvalue weighted by molar-refractivity contribution is 0.122. The first-order valence-electron chi connectivity index (χ1n) is 6.19. The lowest BCUT2D eigenvalue weighted by Crippen LogP contribution is -2.31. The van der Waals surface area contributed by atoms with Gasteiger partial charge in [-0.1, -0.05) is 6.07 Å². The molecule has 0 aliphatic carbocycles. The SMILES string of the molecule is CCOCCN(C)CCNCc1cccnc1. The molecule has 0 amide bonds. The number of nitrogens with zero attached hydrogens (tertiary/aromatic N) is 2. The second-order valence-corrected chi connectivity index (χ2v) is 4.04. The molecule has 1 N–H and O–H groups in total. The Morgan fingerprint density at radius 2 is 2.29 bits per heavy atom. The van der Waals surface area contributed by atoms with Crippen LogP contribution in [0.5, 0.6) is 0 Å². The van der Waals surface area contributed by atoms with Gasteiger partial charge in [0.1, 0.15) is 0 Å². The van der Waals surface area contributed by atoms with Crippen molar-refractivity contribution in [3.63, 3.8) is 0 Å². The molecule has 0 spiro atoms. The number of rotatable bonds is 9. The van der Waals surface area contributed by atoms with Crippen molar-refractivity contribution in [3.05, 3.63) is 30.1 Å². The normalized spacial score (nSPS) is 11.0. The van der Waals surface area contributed by atoms with E-state index in [4.69, 9.17) is 4.74 Å². The third-order valence-corrected chi connectivity index (χ3v) is 2.54. The largest absolute Gasteiger partial charge is 0.380 e. The molecule has 0 saturated carbocycles. The third-order valence-electron chi connectivity index (χ3n) is 2.54. The van der Waals surface area contributed by atoms with Gasteiger partial charge in [0.15, 0.2) is 0 Å². The van der Waals surface area contributed by atoms with E-state index in [1.807, 2.05) is 19.2 Å². The van der Waals surface area contributed by atoms with Gasteiger partial charge in [-0.3, -0.25) is 4.98 Å². The fourth-order valence-electron chi connectivity index (χ4n) is 1.48. The Bertz CT molecular complexity index is 279. The molecule has 0 atom stereocenters. The van der Waals surface area contributed by atoms with Crippen molar-refractivity contribution >= 4 is 0 Å². The molecule has 4 nitrogen and oxygen atoms in total. The van der Waals surface area contributed by atoms with Gasteiger partial charge in [0, 0.05) is 45.2 Å². The summed E-state index contributed by atoms with van der Waals surface area (Å²) in [5.74, 6) is 0. The smallest absolute Gasteiger partial charge is 0.0593 e. The van der Waals surface area contributed by atoms with E-state index in [1.54, 1.807) is 6.20 Å². The number of ether oxygens (including phenoxy) is 1. The summed E-state index contributed by atoms with van der Waals surface area (Å²) >= 11 is 0. The maximum Gasteiger partial charge on any atom is 0.0593 e. The zero-order chi connectivity index (χ0) is 12.3. The van der Waals surface area contributed by atoms with Crippen LogP contribution in [0.3, 0.4) is 0 Å². The Morgan fingerprint density at radius 3 is 3.00 bits per heavy atom. The van der Waals surface area contributed by atoms with Crippen LogP contribution in [-0.2, 0) is 11.3 Å². The zero-order valence-electron chi connectivity index (χ0n) is 10.9. The zero-order valence-corrected chi connectivity index (χ0v) is 10.9. The molecule has 1 aromatic rings. The van der Waals surface area contributed by atoms with Crippen molar-refractivity contribution < 1.29 is 4.74 Å². The molecule has 0 aliphatic heterocycles. The molecule has 0 unspecified atom stereocenters. The highest BCUT2D eigenvalue weighted by Crippen LogP contribution is 1.93. The van der Waals surface area contributed by atoms with E-state index in [9.17, 15) is 0 Å². The number of nitrogens with one attached hydrogen (secondary N) is 1. The van der Waals surface area contributed by atoms with Crippen molar-refractivity contribution in [2.45, 2.75) is 13.5 Å². The number of pyridine rings is 1. The van der Waals surface area contributed by atoms with Crippen molar-refractivity contribution in [2.75, 3.05) is 39.9 Å². The monoisotopic (exact) mass is 237 g/mol. The van der Waals surface area contributed by atoms with Crippen molar-refractivity contribution in [1.82, 2.24) is 15.2 Å². The van der Waals surface area contributed by atoms with Crippen LogP contribution in [0.2, 0.25) is 0 Å². The van der Waals surface area contributed by atoms with Crippen molar-refractivity contribution in [3.8, 4) is 0 Å². The van der Waals surface area contributed by atoms with Crippen molar-refractivity contribution in [2.24, 2.45) is 0 Å². The van der Waals surface area contributed by atoms with Gasteiger partial charge in [0.2, 0.25) is 0 Å². The Labute approximate surface area is 104 Å². The van der Waals surface area contributed by atoms with E-state index in [1.165, 1.54) is 5.56 Å². The maximum absolute atomic E-state index is 5.31. The Balaban J connectivity index is 2.00. The number of likely N-dealkylation sites (N-methyl/N-ethyl adjacent to an activating group) is 1. The summed E-state index contributed by atoms with van der Waals surface area (Å²) in [5, 5.41) is 3.40. The number of hydrogen-bond acceptors (Lipinski definition) is 4. The Hall–Kier alpha value is -0.970. The van der Waals surface area contributed by atoms with Gasteiger partial charge >= 0.3 is 0 Å². The van der Waals surface area contributed by atoms with Crippen molar-refractivity contribution in [1.29, 1.82) is 0 Å². The quantitative estimate of drug-likeness (QED) is 0.654. The standard InChI is InChI=1S/C13H23N3O/c1-3-17-10-9-16(2)8-7-15-12-13-5-4-6-14-11-13/h4-6,11,15H,3,7-10,12H2,1-2H3. The molecule has 1 heterocycles. The summed E-state index contributed by atoms with van der Waals surface area (Å²) in [5.41, 5.74) is 1.23. The molecule has 1 rings (SSSR count). The summed E-state index contributed by atoms with van der Waals surface area (Å²) < 4.78 is 5.31. The fraction of sp³-hybridized carbons (Fsp3) is 0.615. The first-order valence-corrected chi connectivity index (χ1v) is 6.19. The molecule has 4 heteroatoms. The van der Waals surface area contributed by atoms with E-state index in [-0.39, 0.29) is 0 Å². The van der Waals surface area contributed by atoms with E-state index >= 15 is 0 Å². The van der Waals surface area contributed by atoms with E-state index < -0.39 is 0 Å². The number of hydrogen-bond donors (Lipinski definition) is 1. The molecule has 0 aromatic carbocycles. The average Bonchev–Trinajstić information content (AvgIpc) is 2.36. The molecule has 0 radical (unpaired) electrons. The Kier molecular flexibility index (Phi) is 7.54. The van der Waals surface area contributed by atoms with Gasteiger partial charge in [-0.05, 0) is 25.6 Å². The first-order chi connectivity index (χ1) is 8.33. The van der Waals surface area contributed by atoms with Crippen LogP contribution in [0, 0.1) is 0 Å². The van der Waals surface area contributed by atoms with Gasteiger partial charge in [0.05, 0.1) is 6.61 Å². The molecule has 96 valence electrons. The minimum absolute atomic E-state index is 0.799. The van der Waals surface area contributed by atoms with Crippen LogP contribution in [0.4, 0.5) is 0 Å². The van der Waals surface area contributed by atoms with E-state index in [0.29, 0.717) is 0 Å². The van der Waals surface area contributed by atoms with Crippen LogP contribution < -0.4 is 5.32 Å². The van der Waals surface area contributed by atoms with Gasteiger partial charge in [-0.15, -0.1) is 0 Å². The molecule has 0 aliphatic rings. The van der Waals surface area contributed by atoms with Crippen LogP contribution in [0.15, 0.2) is 24.5 Å². The molecule has 17 heavy (non-hydrogen) atoms. The van der Waals surface area contributed by atoms with E-state index in [0.717, 1.165) is 39.4 Å². The molecule has 0 bridgehead atoms. The molecule has 0 fully saturated rings. The van der Waals surface area contributed by atoms with Crippen LogP contribution >= 0.6 is 0 Å². The summed E-state index contributed by atoms with van der Waals surface area (Å²) in [7, 11) is 2.12. The highest BCUT2D eigenvalue weighted by Gasteiger charge is 1.97. The van der Waals surface area contributed by atoms with Gasteiger partial charge in [0.25, 0.3) is 0 Å². The highest BCUT2D eigenvalue weighted by atomic mass is 16.5. The molecular formula is C13H23N3O. The molecule has 0 saturated heterocycles. The predicted molar refractivity (Wildman–Crippen MR) is 69.9 cm³/mol. The topological polar surface area (TPSA) is 37.4 Å². The highest BCUT2D eigenvalue weighted by molar-refractivity contribution is 5.07. The lowest BCUT2D eigenvalue weighted by atomic mass is 10.3.